The lowest BCUT2D eigenvalue weighted by molar-refractivity contribution is 0.252. The van der Waals surface area contributed by atoms with E-state index < -0.39 is 0 Å². The van der Waals surface area contributed by atoms with Crippen molar-refractivity contribution in [3.63, 3.8) is 0 Å². The summed E-state index contributed by atoms with van der Waals surface area (Å²) < 4.78 is 12.7. The van der Waals surface area contributed by atoms with Gasteiger partial charge in [-0.3, -0.25) is 0 Å². The molecule has 0 aromatic heterocycles. The van der Waals surface area contributed by atoms with E-state index in [9.17, 15) is 9.18 Å². The molecule has 0 saturated heterocycles. The van der Waals surface area contributed by atoms with Crippen LogP contribution in [0.25, 0.3) is 0 Å². The number of carbonyl (C=O) groups is 1. The van der Waals surface area contributed by atoms with Crippen molar-refractivity contribution in [3.05, 3.63) is 65.5 Å². The standard InChI is InChI=1S/C16H17FN2O/c1-12-3-2-4-15(11-12)19-16(20)18-10-9-13-5-7-14(17)8-6-13/h2-8,11H,9-10H2,1H3,(H2,18,19,20). The molecule has 0 spiro atoms. The number of rotatable bonds is 4. The molecule has 0 radical (unpaired) electrons. The van der Waals surface area contributed by atoms with Gasteiger partial charge in [-0.1, -0.05) is 24.3 Å². The first-order chi connectivity index (χ1) is 9.63. The minimum atomic E-state index is -0.251. The summed E-state index contributed by atoms with van der Waals surface area (Å²) in [5.41, 5.74) is 2.85. The van der Waals surface area contributed by atoms with Crippen LogP contribution in [0.2, 0.25) is 0 Å². The van der Waals surface area contributed by atoms with E-state index in [2.05, 4.69) is 10.6 Å². The number of carbonyl (C=O) groups excluding carboxylic acids is 1. The van der Waals surface area contributed by atoms with Crippen LogP contribution < -0.4 is 10.6 Å². The van der Waals surface area contributed by atoms with Gasteiger partial charge in [-0.05, 0) is 48.7 Å². The van der Waals surface area contributed by atoms with Crippen molar-refractivity contribution >= 4 is 11.7 Å². The summed E-state index contributed by atoms with van der Waals surface area (Å²) in [6, 6.07) is 13.6. The molecule has 0 atom stereocenters. The van der Waals surface area contributed by atoms with Crippen molar-refractivity contribution < 1.29 is 9.18 Å². The molecular weight excluding hydrogens is 255 g/mol. The Bertz CT molecular complexity index is 581. The Balaban J connectivity index is 1.76. The van der Waals surface area contributed by atoms with Crippen molar-refractivity contribution in [2.45, 2.75) is 13.3 Å². The van der Waals surface area contributed by atoms with E-state index >= 15 is 0 Å². The number of benzene rings is 2. The Labute approximate surface area is 117 Å². The zero-order valence-electron chi connectivity index (χ0n) is 11.3. The number of anilines is 1. The van der Waals surface area contributed by atoms with Crippen LogP contribution in [0.5, 0.6) is 0 Å². The summed E-state index contributed by atoms with van der Waals surface area (Å²) in [6.07, 6.45) is 0.668. The molecule has 20 heavy (non-hydrogen) atoms. The summed E-state index contributed by atoms with van der Waals surface area (Å²) in [5.74, 6) is -0.251. The molecular formula is C16H17FN2O. The minimum Gasteiger partial charge on any atom is -0.338 e. The van der Waals surface area contributed by atoms with E-state index in [-0.39, 0.29) is 11.8 Å². The van der Waals surface area contributed by atoms with Crippen LogP contribution in [-0.2, 0) is 6.42 Å². The Hall–Kier alpha value is -2.36. The lowest BCUT2D eigenvalue weighted by atomic mass is 10.1. The Morgan fingerprint density at radius 2 is 1.90 bits per heavy atom. The molecule has 0 aliphatic carbocycles. The molecule has 0 aliphatic rings. The molecule has 0 saturated carbocycles. The Kier molecular flexibility index (Phi) is 4.71. The van der Waals surface area contributed by atoms with Gasteiger partial charge in [-0.15, -0.1) is 0 Å². The molecule has 3 nitrogen and oxygen atoms in total. The highest BCUT2D eigenvalue weighted by molar-refractivity contribution is 5.89. The summed E-state index contributed by atoms with van der Waals surface area (Å²) in [4.78, 5) is 11.7. The first kappa shape index (κ1) is 14.1. The van der Waals surface area contributed by atoms with Gasteiger partial charge in [0, 0.05) is 12.2 Å². The maximum Gasteiger partial charge on any atom is 0.319 e. The number of aryl methyl sites for hydroxylation is 1. The minimum absolute atomic E-state index is 0.238. The van der Waals surface area contributed by atoms with Gasteiger partial charge in [0.1, 0.15) is 5.82 Å². The van der Waals surface area contributed by atoms with Gasteiger partial charge in [-0.2, -0.15) is 0 Å². The van der Waals surface area contributed by atoms with Gasteiger partial charge in [0.15, 0.2) is 0 Å². The maximum absolute atomic E-state index is 12.7. The van der Waals surface area contributed by atoms with Crippen LogP contribution in [0.1, 0.15) is 11.1 Å². The highest BCUT2D eigenvalue weighted by atomic mass is 19.1. The molecule has 0 fully saturated rings. The van der Waals surface area contributed by atoms with Gasteiger partial charge in [0.25, 0.3) is 0 Å². The molecule has 2 rings (SSSR count). The smallest absolute Gasteiger partial charge is 0.319 e. The topological polar surface area (TPSA) is 41.1 Å². The second-order valence-electron chi connectivity index (χ2n) is 4.63. The highest BCUT2D eigenvalue weighted by Gasteiger charge is 2.01. The number of halogens is 1. The van der Waals surface area contributed by atoms with Crippen LogP contribution in [0.3, 0.4) is 0 Å². The number of hydrogen-bond acceptors (Lipinski definition) is 1. The van der Waals surface area contributed by atoms with Gasteiger partial charge in [0.05, 0.1) is 0 Å². The van der Waals surface area contributed by atoms with Gasteiger partial charge >= 0.3 is 6.03 Å². The third-order valence-corrected chi connectivity index (χ3v) is 2.89. The Morgan fingerprint density at radius 3 is 2.60 bits per heavy atom. The lowest BCUT2D eigenvalue weighted by Crippen LogP contribution is -2.30. The molecule has 2 N–H and O–H groups in total. The zero-order chi connectivity index (χ0) is 14.4. The number of amides is 2. The third-order valence-electron chi connectivity index (χ3n) is 2.89. The predicted octanol–water partition coefficient (Wildman–Crippen LogP) is 3.50. The zero-order valence-corrected chi connectivity index (χ0v) is 11.3. The largest absolute Gasteiger partial charge is 0.338 e. The first-order valence-electron chi connectivity index (χ1n) is 6.49. The van der Waals surface area contributed by atoms with E-state index in [1.807, 2.05) is 31.2 Å². The van der Waals surface area contributed by atoms with Crippen molar-refractivity contribution in [2.75, 3.05) is 11.9 Å². The van der Waals surface area contributed by atoms with Crippen LogP contribution in [-0.4, -0.2) is 12.6 Å². The fourth-order valence-electron chi connectivity index (χ4n) is 1.87. The van der Waals surface area contributed by atoms with Crippen LogP contribution in [0.15, 0.2) is 48.5 Å². The van der Waals surface area contributed by atoms with Gasteiger partial charge < -0.3 is 10.6 Å². The molecule has 2 aromatic carbocycles. The van der Waals surface area contributed by atoms with Crippen LogP contribution in [0, 0.1) is 12.7 Å². The summed E-state index contributed by atoms with van der Waals surface area (Å²) in [5, 5.41) is 5.54. The molecule has 2 aromatic rings. The quantitative estimate of drug-likeness (QED) is 0.878. The van der Waals surface area contributed by atoms with E-state index in [4.69, 9.17) is 0 Å². The SMILES string of the molecule is Cc1cccc(NC(=O)NCCc2ccc(F)cc2)c1. The number of hydrogen-bond donors (Lipinski definition) is 2. The summed E-state index contributed by atoms with van der Waals surface area (Å²) in [7, 11) is 0. The lowest BCUT2D eigenvalue weighted by Gasteiger charge is -2.08. The molecule has 0 bridgehead atoms. The average Bonchev–Trinajstić information content (AvgIpc) is 2.41. The number of nitrogens with one attached hydrogen (secondary N) is 2. The molecule has 2 amide bonds. The Morgan fingerprint density at radius 1 is 1.15 bits per heavy atom. The summed E-state index contributed by atoms with van der Waals surface area (Å²) in [6.45, 7) is 2.47. The molecule has 0 unspecified atom stereocenters. The molecule has 0 heterocycles. The first-order valence-corrected chi connectivity index (χ1v) is 6.49. The molecule has 0 aliphatic heterocycles. The van der Waals surface area contributed by atoms with Gasteiger partial charge in [0.2, 0.25) is 0 Å². The van der Waals surface area contributed by atoms with E-state index in [0.717, 1.165) is 16.8 Å². The van der Waals surface area contributed by atoms with Crippen molar-refractivity contribution in [3.8, 4) is 0 Å². The highest BCUT2D eigenvalue weighted by Crippen LogP contribution is 2.09. The normalized spacial score (nSPS) is 10.1. The van der Waals surface area contributed by atoms with E-state index in [0.29, 0.717) is 13.0 Å². The average molecular weight is 272 g/mol. The number of urea groups is 1. The van der Waals surface area contributed by atoms with Crippen LogP contribution in [0.4, 0.5) is 14.9 Å². The van der Waals surface area contributed by atoms with E-state index in [1.54, 1.807) is 12.1 Å². The fourth-order valence-corrected chi connectivity index (χ4v) is 1.87. The second kappa shape index (κ2) is 6.70. The van der Waals surface area contributed by atoms with Crippen molar-refractivity contribution in [2.24, 2.45) is 0 Å². The monoisotopic (exact) mass is 272 g/mol. The molecule has 4 heteroatoms. The fraction of sp³-hybridized carbons (Fsp3) is 0.188. The van der Waals surface area contributed by atoms with Gasteiger partial charge in [-0.25, -0.2) is 9.18 Å². The molecule has 104 valence electrons. The van der Waals surface area contributed by atoms with E-state index in [1.165, 1.54) is 12.1 Å². The summed E-state index contributed by atoms with van der Waals surface area (Å²) >= 11 is 0. The van der Waals surface area contributed by atoms with Crippen molar-refractivity contribution in [1.29, 1.82) is 0 Å². The predicted molar refractivity (Wildman–Crippen MR) is 78.3 cm³/mol. The van der Waals surface area contributed by atoms with Crippen LogP contribution >= 0.6 is 0 Å². The van der Waals surface area contributed by atoms with Crippen molar-refractivity contribution in [1.82, 2.24) is 5.32 Å². The second-order valence-corrected chi connectivity index (χ2v) is 4.63. The third kappa shape index (κ3) is 4.39. The maximum atomic E-state index is 12.7.